The third-order valence-electron chi connectivity index (χ3n) is 4.03. The van der Waals surface area contributed by atoms with Crippen molar-refractivity contribution in [3.05, 3.63) is 71.2 Å². The first-order valence-corrected chi connectivity index (χ1v) is 7.93. The molecule has 0 aliphatic carbocycles. The summed E-state index contributed by atoms with van der Waals surface area (Å²) in [4.78, 5) is 10.8. The van der Waals surface area contributed by atoms with Gasteiger partial charge in [0.15, 0.2) is 0 Å². The van der Waals surface area contributed by atoms with Crippen molar-refractivity contribution in [2.75, 3.05) is 18.8 Å². The molecule has 0 saturated heterocycles. The number of allylic oxidation sites excluding steroid dienone is 1. The Morgan fingerprint density at radius 2 is 2.04 bits per heavy atom. The fourth-order valence-corrected chi connectivity index (χ4v) is 2.66. The predicted octanol–water partition coefficient (Wildman–Crippen LogP) is 3.21. The molecule has 0 atom stereocenters. The summed E-state index contributed by atoms with van der Waals surface area (Å²) in [6, 6.07) is 10.4. The van der Waals surface area contributed by atoms with Crippen molar-refractivity contribution >= 4 is 11.9 Å². The lowest BCUT2D eigenvalue weighted by molar-refractivity contribution is 0.287. The van der Waals surface area contributed by atoms with E-state index in [-0.39, 0.29) is 0 Å². The van der Waals surface area contributed by atoms with E-state index in [0.29, 0.717) is 5.82 Å². The summed E-state index contributed by atoms with van der Waals surface area (Å²) in [6.07, 6.45) is 9.57. The number of benzene rings is 1. The van der Waals surface area contributed by atoms with Crippen LogP contribution in [-0.2, 0) is 6.54 Å². The number of nitrogens with zero attached hydrogens (tertiary/aromatic N) is 3. The minimum atomic E-state index is 0.594. The van der Waals surface area contributed by atoms with E-state index in [4.69, 9.17) is 5.73 Å². The van der Waals surface area contributed by atoms with Crippen molar-refractivity contribution < 1.29 is 0 Å². The molecular formula is C19H22N4. The Bertz CT molecular complexity index is 719. The normalized spacial score (nSPS) is 15.8. The molecule has 118 valence electrons. The lowest BCUT2D eigenvalue weighted by Gasteiger charge is -2.25. The van der Waals surface area contributed by atoms with Gasteiger partial charge in [0.25, 0.3) is 0 Å². The van der Waals surface area contributed by atoms with Crippen LogP contribution < -0.4 is 5.73 Å². The number of hydrogen-bond acceptors (Lipinski definition) is 4. The Labute approximate surface area is 137 Å². The molecule has 0 saturated carbocycles. The zero-order chi connectivity index (χ0) is 16.1. The van der Waals surface area contributed by atoms with Gasteiger partial charge in [-0.05, 0) is 24.5 Å². The van der Waals surface area contributed by atoms with Gasteiger partial charge in [-0.15, -0.1) is 0 Å². The molecule has 0 spiro atoms. The van der Waals surface area contributed by atoms with Crippen molar-refractivity contribution in [2.24, 2.45) is 0 Å². The SMILES string of the molecule is Cc1ncc(CN2CC=C(C=Cc3ccccc3)CC2)c(N)n1. The molecule has 4 nitrogen and oxygen atoms in total. The van der Waals surface area contributed by atoms with E-state index in [0.717, 1.165) is 37.4 Å². The zero-order valence-corrected chi connectivity index (χ0v) is 13.4. The largest absolute Gasteiger partial charge is 0.383 e. The summed E-state index contributed by atoms with van der Waals surface area (Å²) in [5, 5.41) is 0. The Morgan fingerprint density at radius 1 is 1.22 bits per heavy atom. The number of anilines is 1. The van der Waals surface area contributed by atoms with Crippen LogP contribution >= 0.6 is 0 Å². The number of nitrogens with two attached hydrogens (primary N) is 1. The van der Waals surface area contributed by atoms with Gasteiger partial charge in [-0.3, -0.25) is 4.90 Å². The second-order valence-electron chi connectivity index (χ2n) is 5.84. The number of aromatic nitrogens is 2. The van der Waals surface area contributed by atoms with E-state index in [9.17, 15) is 0 Å². The molecule has 1 aromatic carbocycles. The zero-order valence-electron chi connectivity index (χ0n) is 13.4. The molecule has 0 radical (unpaired) electrons. The Morgan fingerprint density at radius 3 is 2.74 bits per heavy atom. The molecule has 4 heteroatoms. The molecule has 1 aliphatic heterocycles. The highest BCUT2D eigenvalue weighted by atomic mass is 15.1. The number of hydrogen-bond donors (Lipinski definition) is 1. The quantitative estimate of drug-likeness (QED) is 0.942. The molecule has 2 heterocycles. The van der Waals surface area contributed by atoms with Crippen LogP contribution in [0.5, 0.6) is 0 Å². The Kier molecular flexibility index (Phi) is 4.83. The summed E-state index contributed by atoms with van der Waals surface area (Å²) < 4.78 is 0. The minimum absolute atomic E-state index is 0.594. The van der Waals surface area contributed by atoms with Crippen molar-refractivity contribution in [1.82, 2.24) is 14.9 Å². The van der Waals surface area contributed by atoms with Gasteiger partial charge in [0.05, 0.1) is 0 Å². The summed E-state index contributed by atoms with van der Waals surface area (Å²) in [7, 11) is 0. The van der Waals surface area contributed by atoms with E-state index >= 15 is 0 Å². The van der Waals surface area contributed by atoms with Crippen molar-refractivity contribution in [1.29, 1.82) is 0 Å². The topological polar surface area (TPSA) is 55.0 Å². The summed E-state index contributed by atoms with van der Waals surface area (Å²) in [6.45, 7) is 4.62. The number of rotatable bonds is 4. The maximum atomic E-state index is 5.97. The van der Waals surface area contributed by atoms with Crippen LogP contribution in [0.3, 0.4) is 0 Å². The highest BCUT2D eigenvalue weighted by Crippen LogP contribution is 2.17. The van der Waals surface area contributed by atoms with Gasteiger partial charge in [-0.1, -0.05) is 48.6 Å². The first-order chi connectivity index (χ1) is 11.2. The molecule has 23 heavy (non-hydrogen) atoms. The monoisotopic (exact) mass is 306 g/mol. The molecule has 0 unspecified atom stereocenters. The van der Waals surface area contributed by atoms with Gasteiger partial charge < -0.3 is 5.73 Å². The Hall–Kier alpha value is -2.46. The number of aryl methyl sites for hydroxylation is 1. The lowest BCUT2D eigenvalue weighted by Crippen LogP contribution is -2.28. The molecule has 1 aliphatic rings. The third kappa shape index (κ3) is 4.27. The standard InChI is InChI=1S/C19H22N4/c1-15-21-13-18(19(20)22-15)14-23-11-9-17(10-12-23)8-7-16-5-3-2-4-6-16/h2-9,13H,10-12,14H2,1H3,(H2,20,21,22). The smallest absolute Gasteiger partial charge is 0.131 e. The van der Waals surface area contributed by atoms with Crippen LogP contribution in [-0.4, -0.2) is 28.0 Å². The van der Waals surface area contributed by atoms with Crippen LogP contribution in [0.4, 0.5) is 5.82 Å². The highest BCUT2D eigenvalue weighted by Gasteiger charge is 2.12. The molecule has 2 N–H and O–H groups in total. The average Bonchev–Trinajstić information content (AvgIpc) is 2.58. The lowest BCUT2D eigenvalue weighted by atomic mass is 10.1. The number of nitrogen functional groups attached to an aromatic ring is 1. The Balaban J connectivity index is 1.59. The fraction of sp³-hybridized carbons (Fsp3) is 0.263. The summed E-state index contributed by atoms with van der Waals surface area (Å²) in [5.74, 6) is 1.31. The first-order valence-electron chi connectivity index (χ1n) is 7.93. The molecule has 1 aromatic heterocycles. The average molecular weight is 306 g/mol. The second-order valence-corrected chi connectivity index (χ2v) is 5.84. The van der Waals surface area contributed by atoms with E-state index in [1.807, 2.05) is 19.2 Å². The van der Waals surface area contributed by atoms with Gasteiger partial charge in [-0.25, -0.2) is 9.97 Å². The van der Waals surface area contributed by atoms with E-state index in [1.54, 1.807) is 0 Å². The van der Waals surface area contributed by atoms with Crippen molar-refractivity contribution in [2.45, 2.75) is 19.9 Å². The highest BCUT2D eigenvalue weighted by molar-refractivity contribution is 5.52. The third-order valence-corrected chi connectivity index (χ3v) is 4.03. The summed E-state index contributed by atoms with van der Waals surface area (Å²) >= 11 is 0. The van der Waals surface area contributed by atoms with Crippen LogP contribution in [0.15, 0.2) is 54.3 Å². The molecule has 3 rings (SSSR count). The fourth-order valence-electron chi connectivity index (χ4n) is 2.66. The predicted molar refractivity (Wildman–Crippen MR) is 94.6 cm³/mol. The molecule has 0 fully saturated rings. The van der Waals surface area contributed by atoms with Crippen LogP contribution in [0.25, 0.3) is 6.08 Å². The van der Waals surface area contributed by atoms with Crippen LogP contribution in [0.2, 0.25) is 0 Å². The van der Waals surface area contributed by atoms with E-state index in [2.05, 4.69) is 57.4 Å². The second kappa shape index (κ2) is 7.20. The van der Waals surface area contributed by atoms with E-state index in [1.165, 1.54) is 11.1 Å². The maximum absolute atomic E-state index is 5.97. The van der Waals surface area contributed by atoms with Gasteiger partial charge in [0, 0.05) is 31.4 Å². The van der Waals surface area contributed by atoms with Gasteiger partial charge in [0.2, 0.25) is 0 Å². The van der Waals surface area contributed by atoms with Crippen molar-refractivity contribution in [3.63, 3.8) is 0 Å². The molecule has 0 bridgehead atoms. The maximum Gasteiger partial charge on any atom is 0.131 e. The van der Waals surface area contributed by atoms with Gasteiger partial charge in [-0.2, -0.15) is 0 Å². The molecular weight excluding hydrogens is 284 g/mol. The van der Waals surface area contributed by atoms with E-state index < -0.39 is 0 Å². The molecule has 0 amide bonds. The minimum Gasteiger partial charge on any atom is -0.383 e. The van der Waals surface area contributed by atoms with Gasteiger partial charge >= 0.3 is 0 Å². The van der Waals surface area contributed by atoms with Crippen molar-refractivity contribution in [3.8, 4) is 0 Å². The first kappa shape index (κ1) is 15.4. The summed E-state index contributed by atoms with van der Waals surface area (Å²) in [5.41, 5.74) is 9.60. The molecule has 2 aromatic rings. The van der Waals surface area contributed by atoms with Crippen LogP contribution in [0.1, 0.15) is 23.4 Å². The van der Waals surface area contributed by atoms with Gasteiger partial charge in [0.1, 0.15) is 11.6 Å². The van der Waals surface area contributed by atoms with Crippen LogP contribution in [0, 0.1) is 6.92 Å².